The lowest BCUT2D eigenvalue weighted by molar-refractivity contribution is -0.114. The van der Waals surface area contributed by atoms with Crippen molar-refractivity contribution in [3.63, 3.8) is 0 Å². The molecule has 8 nitrogen and oxygen atoms in total. The number of amides is 1. The molecule has 1 aliphatic carbocycles. The molecule has 0 spiro atoms. The number of anilines is 2. The zero-order valence-corrected chi connectivity index (χ0v) is 18.6. The van der Waals surface area contributed by atoms with Gasteiger partial charge in [-0.25, -0.2) is 9.97 Å². The summed E-state index contributed by atoms with van der Waals surface area (Å²) in [5.41, 5.74) is 5.41. The van der Waals surface area contributed by atoms with Gasteiger partial charge in [-0.05, 0) is 44.2 Å². The number of thiazole rings is 1. The summed E-state index contributed by atoms with van der Waals surface area (Å²) in [6.07, 6.45) is 6.77. The van der Waals surface area contributed by atoms with Crippen LogP contribution in [0.2, 0.25) is 0 Å². The number of hydrogen-bond acceptors (Lipinski definition) is 7. The van der Waals surface area contributed by atoms with Crippen LogP contribution < -0.4 is 10.6 Å². The number of carbonyl (C=O) groups is 1. The number of pyridine rings is 1. The molecule has 9 heteroatoms. The quantitative estimate of drug-likeness (QED) is 0.641. The van der Waals surface area contributed by atoms with Gasteiger partial charge in [-0.2, -0.15) is 5.10 Å². The molecule has 5 rings (SSSR count). The van der Waals surface area contributed by atoms with E-state index in [1.165, 1.54) is 12.5 Å². The Kier molecular flexibility index (Phi) is 5.45. The molecule has 1 unspecified atom stereocenters. The lowest BCUT2D eigenvalue weighted by Gasteiger charge is -2.24. The summed E-state index contributed by atoms with van der Waals surface area (Å²) in [5, 5.41) is 11.7. The van der Waals surface area contributed by atoms with Crippen LogP contribution in [0.3, 0.4) is 0 Å². The molecule has 162 valence electrons. The van der Waals surface area contributed by atoms with Crippen LogP contribution in [0.5, 0.6) is 0 Å². The number of carbonyl (C=O) groups excluding carboxylic acids is 1. The van der Waals surface area contributed by atoms with Crippen molar-refractivity contribution in [1.82, 2.24) is 19.7 Å². The SMILES string of the molecule is CNc1ccc(-c2nn(C3CCCOC3)c3c2CCCc2nc(NC(C)=O)sc2-3)cn1. The van der Waals surface area contributed by atoms with Crippen LogP contribution in [0.25, 0.3) is 21.8 Å². The van der Waals surface area contributed by atoms with Crippen molar-refractivity contribution in [2.75, 3.05) is 30.9 Å². The molecule has 31 heavy (non-hydrogen) atoms. The Hall–Kier alpha value is -2.78. The Balaban J connectivity index is 1.67. The van der Waals surface area contributed by atoms with Crippen LogP contribution >= 0.6 is 11.3 Å². The molecule has 2 aliphatic rings. The second-order valence-corrected chi connectivity index (χ2v) is 9.00. The summed E-state index contributed by atoms with van der Waals surface area (Å²) in [4.78, 5) is 22.0. The zero-order valence-electron chi connectivity index (χ0n) is 17.8. The monoisotopic (exact) mass is 438 g/mol. The average Bonchev–Trinajstić information content (AvgIpc) is 3.30. The minimum absolute atomic E-state index is 0.102. The van der Waals surface area contributed by atoms with Gasteiger partial charge in [0.15, 0.2) is 5.13 Å². The van der Waals surface area contributed by atoms with E-state index < -0.39 is 0 Å². The van der Waals surface area contributed by atoms with Gasteiger partial charge in [0.05, 0.1) is 34.6 Å². The van der Waals surface area contributed by atoms with Gasteiger partial charge >= 0.3 is 0 Å². The molecular weight excluding hydrogens is 412 g/mol. The van der Waals surface area contributed by atoms with Crippen molar-refractivity contribution in [1.29, 1.82) is 0 Å². The molecule has 1 saturated heterocycles. The molecule has 1 fully saturated rings. The first kappa shape index (κ1) is 20.1. The molecule has 0 aromatic carbocycles. The van der Waals surface area contributed by atoms with Crippen LogP contribution in [0.4, 0.5) is 10.9 Å². The summed E-state index contributed by atoms with van der Waals surface area (Å²) < 4.78 is 7.96. The third-order valence-corrected chi connectivity index (χ3v) is 6.84. The number of rotatable bonds is 4. The maximum atomic E-state index is 11.6. The molecular formula is C22H26N6O2S. The Morgan fingerprint density at radius 2 is 2.19 bits per heavy atom. The van der Waals surface area contributed by atoms with Crippen LogP contribution in [0.15, 0.2) is 18.3 Å². The normalized spacial score (nSPS) is 18.1. The molecule has 1 amide bonds. The number of fused-ring (bicyclic) bond motifs is 3. The second kappa shape index (κ2) is 8.39. The van der Waals surface area contributed by atoms with E-state index in [9.17, 15) is 4.79 Å². The molecule has 2 N–H and O–H groups in total. The lowest BCUT2D eigenvalue weighted by Crippen LogP contribution is -2.23. The molecule has 4 heterocycles. The molecule has 0 radical (unpaired) electrons. The van der Waals surface area contributed by atoms with E-state index in [-0.39, 0.29) is 11.9 Å². The van der Waals surface area contributed by atoms with Crippen molar-refractivity contribution in [3.8, 4) is 21.8 Å². The highest BCUT2D eigenvalue weighted by Gasteiger charge is 2.31. The minimum atomic E-state index is -0.102. The fraction of sp³-hybridized carbons (Fsp3) is 0.455. The van der Waals surface area contributed by atoms with Crippen LogP contribution in [0.1, 0.15) is 43.5 Å². The van der Waals surface area contributed by atoms with Gasteiger partial charge in [0, 0.05) is 37.9 Å². The summed E-state index contributed by atoms with van der Waals surface area (Å²) in [6, 6.07) is 4.25. The van der Waals surface area contributed by atoms with Gasteiger partial charge < -0.3 is 15.4 Å². The molecule has 1 atom stereocenters. The highest BCUT2D eigenvalue weighted by molar-refractivity contribution is 7.19. The molecule has 0 saturated carbocycles. The van der Waals surface area contributed by atoms with Gasteiger partial charge in [0.25, 0.3) is 0 Å². The molecule has 0 bridgehead atoms. The summed E-state index contributed by atoms with van der Waals surface area (Å²) in [5.74, 6) is 0.731. The third-order valence-electron chi connectivity index (χ3n) is 5.82. The highest BCUT2D eigenvalue weighted by atomic mass is 32.1. The number of aryl methyl sites for hydroxylation is 1. The summed E-state index contributed by atoms with van der Waals surface area (Å²) in [6.45, 7) is 2.99. The number of ether oxygens (including phenoxy) is 1. The largest absolute Gasteiger partial charge is 0.379 e. The maximum Gasteiger partial charge on any atom is 0.223 e. The first-order chi connectivity index (χ1) is 15.1. The Morgan fingerprint density at radius 1 is 1.29 bits per heavy atom. The standard InChI is InChI=1S/C22H26N6O2S/c1-13(29)25-22-26-17-7-3-6-16-19(14-8-9-18(23-2)24-11-14)27-28(20(16)21(17)31-22)15-5-4-10-30-12-15/h8-9,11,15H,3-7,10,12H2,1-2H3,(H,23,24)(H,25,26,29). The van der Waals surface area contributed by atoms with Gasteiger partial charge in [-0.1, -0.05) is 11.3 Å². The number of aromatic nitrogens is 4. The predicted octanol–water partition coefficient (Wildman–Crippen LogP) is 3.91. The fourth-order valence-electron chi connectivity index (χ4n) is 4.38. The zero-order chi connectivity index (χ0) is 21.4. The van der Waals surface area contributed by atoms with Gasteiger partial charge in [0.2, 0.25) is 5.91 Å². The van der Waals surface area contributed by atoms with Crippen LogP contribution in [0, 0.1) is 0 Å². The van der Waals surface area contributed by atoms with Crippen LogP contribution in [-0.2, 0) is 22.4 Å². The predicted molar refractivity (Wildman–Crippen MR) is 122 cm³/mol. The Morgan fingerprint density at radius 3 is 2.90 bits per heavy atom. The maximum absolute atomic E-state index is 11.6. The fourth-order valence-corrected chi connectivity index (χ4v) is 5.51. The van der Waals surface area contributed by atoms with Crippen molar-refractivity contribution in [2.45, 2.75) is 45.1 Å². The van der Waals surface area contributed by atoms with Gasteiger partial charge in [-0.3, -0.25) is 9.48 Å². The molecule has 1 aliphatic heterocycles. The molecule has 3 aromatic rings. The lowest BCUT2D eigenvalue weighted by atomic mass is 10.0. The van der Waals surface area contributed by atoms with Gasteiger partial charge in [0.1, 0.15) is 5.82 Å². The van der Waals surface area contributed by atoms with Gasteiger partial charge in [-0.15, -0.1) is 0 Å². The highest BCUT2D eigenvalue weighted by Crippen LogP contribution is 2.44. The van der Waals surface area contributed by atoms with E-state index >= 15 is 0 Å². The number of nitrogens with one attached hydrogen (secondary N) is 2. The minimum Gasteiger partial charge on any atom is -0.379 e. The number of hydrogen-bond donors (Lipinski definition) is 2. The number of nitrogens with zero attached hydrogens (tertiary/aromatic N) is 4. The Labute approximate surface area is 185 Å². The van der Waals surface area contributed by atoms with E-state index in [0.29, 0.717) is 11.7 Å². The average molecular weight is 439 g/mol. The summed E-state index contributed by atoms with van der Waals surface area (Å²) >= 11 is 1.54. The third kappa shape index (κ3) is 3.83. The smallest absolute Gasteiger partial charge is 0.223 e. The Bertz CT molecular complexity index is 1100. The summed E-state index contributed by atoms with van der Waals surface area (Å²) in [7, 11) is 1.86. The molecule has 3 aromatic heterocycles. The van der Waals surface area contributed by atoms with E-state index in [4.69, 9.17) is 14.8 Å². The van der Waals surface area contributed by atoms with E-state index in [2.05, 4.69) is 26.4 Å². The van der Waals surface area contributed by atoms with Crippen molar-refractivity contribution < 1.29 is 9.53 Å². The van der Waals surface area contributed by atoms with E-state index in [1.807, 2.05) is 19.3 Å². The van der Waals surface area contributed by atoms with Crippen molar-refractivity contribution in [2.24, 2.45) is 0 Å². The van der Waals surface area contributed by atoms with Crippen molar-refractivity contribution >= 4 is 28.2 Å². The van der Waals surface area contributed by atoms with Crippen LogP contribution in [-0.4, -0.2) is 45.9 Å². The topological polar surface area (TPSA) is 94.0 Å². The first-order valence-corrected chi connectivity index (χ1v) is 11.6. The second-order valence-electron chi connectivity index (χ2n) is 8.00. The van der Waals surface area contributed by atoms with E-state index in [1.54, 1.807) is 11.3 Å². The first-order valence-electron chi connectivity index (χ1n) is 10.7. The van der Waals surface area contributed by atoms with Crippen molar-refractivity contribution in [3.05, 3.63) is 29.6 Å². The van der Waals surface area contributed by atoms with E-state index in [0.717, 1.165) is 72.1 Å².